The van der Waals surface area contributed by atoms with Gasteiger partial charge in [-0.2, -0.15) is 0 Å². The molecule has 1 atom stereocenters. The molecule has 0 radical (unpaired) electrons. The van der Waals surface area contributed by atoms with E-state index in [9.17, 15) is 9.59 Å². The summed E-state index contributed by atoms with van der Waals surface area (Å²) < 4.78 is 15.0. The third-order valence-corrected chi connectivity index (χ3v) is 3.00. The predicted molar refractivity (Wildman–Crippen MR) is 62.8 cm³/mol. The summed E-state index contributed by atoms with van der Waals surface area (Å²) in [6.45, 7) is 0.890. The normalized spacial score (nSPS) is 23.9. The second-order valence-corrected chi connectivity index (χ2v) is 4.62. The molecule has 0 amide bonds. The van der Waals surface area contributed by atoms with Gasteiger partial charge in [-0.15, -0.1) is 0 Å². The fourth-order valence-corrected chi connectivity index (χ4v) is 1.91. The van der Waals surface area contributed by atoms with Crippen LogP contribution in [0.5, 0.6) is 0 Å². The smallest absolute Gasteiger partial charge is 0.331 e. The van der Waals surface area contributed by atoms with Crippen molar-refractivity contribution in [3.63, 3.8) is 0 Å². The third-order valence-electron chi connectivity index (χ3n) is 3.00. The van der Waals surface area contributed by atoms with Crippen molar-refractivity contribution in [3.05, 3.63) is 12.2 Å². The first-order valence-corrected chi connectivity index (χ1v) is 6.41. The summed E-state index contributed by atoms with van der Waals surface area (Å²) in [4.78, 5) is 22.6. The lowest BCUT2D eigenvalue weighted by molar-refractivity contribution is -0.145. The van der Waals surface area contributed by atoms with Crippen LogP contribution in [0.2, 0.25) is 0 Å². The molecular formula is C13H18O5. The van der Waals surface area contributed by atoms with E-state index in [2.05, 4.69) is 0 Å². The highest BCUT2D eigenvalue weighted by molar-refractivity contribution is 5.91. The van der Waals surface area contributed by atoms with Crippen LogP contribution in [0.3, 0.4) is 0 Å². The van der Waals surface area contributed by atoms with Crippen molar-refractivity contribution >= 4 is 11.9 Å². The third kappa shape index (κ3) is 4.87. The summed E-state index contributed by atoms with van der Waals surface area (Å²) in [6.07, 6.45) is 7.53. The molecule has 1 saturated carbocycles. The van der Waals surface area contributed by atoms with Crippen LogP contribution in [-0.2, 0) is 23.8 Å². The SMILES string of the molecule is O=C(/C=C/C(=O)OC1CCCCC1)OCC1CO1. The van der Waals surface area contributed by atoms with E-state index in [0.717, 1.165) is 37.8 Å². The average molecular weight is 254 g/mol. The molecule has 0 aromatic rings. The van der Waals surface area contributed by atoms with E-state index in [4.69, 9.17) is 14.2 Å². The number of hydrogen-bond acceptors (Lipinski definition) is 5. The summed E-state index contributed by atoms with van der Waals surface area (Å²) in [7, 11) is 0. The number of esters is 2. The first-order valence-electron chi connectivity index (χ1n) is 6.41. The number of epoxide rings is 1. The summed E-state index contributed by atoms with van der Waals surface area (Å²) >= 11 is 0. The largest absolute Gasteiger partial charge is 0.460 e. The molecule has 5 heteroatoms. The molecule has 1 aliphatic carbocycles. The molecular weight excluding hydrogens is 236 g/mol. The Morgan fingerprint density at radius 2 is 1.78 bits per heavy atom. The zero-order chi connectivity index (χ0) is 12.8. The van der Waals surface area contributed by atoms with E-state index >= 15 is 0 Å². The molecule has 1 aliphatic heterocycles. The molecule has 1 unspecified atom stereocenters. The van der Waals surface area contributed by atoms with E-state index in [1.165, 1.54) is 6.42 Å². The molecule has 0 bridgehead atoms. The first-order chi connectivity index (χ1) is 8.74. The molecule has 100 valence electrons. The van der Waals surface area contributed by atoms with Crippen molar-refractivity contribution < 1.29 is 23.8 Å². The van der Waals surface area contributed by atoms with Crippen LogP contribution in [0.25, 0.3) is 0 Å². The van der Waals surface area contributed by atoms with Gasteiger partial charge in [-0.25, -0.2) is 9.59 Å². The summed E-state index contributed by atoms with van der Waals surface area (Å²) in [5.74, 6) is -1.01. The maximum Gasteiger partial charge on any atom is 0.331 e. The summed E-state index contributed by atoms with van der Waals surface area (Å²) in [5, 5.41) is 0. The Bertz CT molecular complexity index is 326. The monoisotopic (exact) mass is 254 g/mol. The lowest BCUT2D eigenvalue weighted by atomic mass is 9.98. The van der Waals surface area contributed by atoms with Gasteiger partial charge in [0.25, 0.3) is 0 Å². The molecule has 5 nitrogen and oxygen atoms in total. The van der Waals surface area contributed by atoms with Crippen molar-refractivity contribution in [2.45, 2.75) is 44.3 Å². The van der Waals surface area contributed by atoms with Crippen LogP contribution >= 0.6 is 0 Å². The minimum Gasteiger partial charge on any atom is -0.460 e. The molecule has 0 aromatic heterocycles. The van der Waals surface area contributed by atoms with Gasteiger partial charge < -0.3 is 14.2 Å². The minimum atomic E-state index is -0.536. The molecule has 2 fully saturated rings. The van der Waals surface area contributed by atoms with E-state index in [1.807, 2.05) is 0 Å². The Kier molecular flexibility index (Phi) is 4.75. The quantitative estimate of drug-likeness (QED) is 0.421. The number of hydrogen-bond donors (Lipinski definition) is 0. The van der Waals surface area contributed by atoms with Crippen LogP contribution in [0.4, 0.5) is 0 Å². The summed E-state index contributed by atoms with van der Waals surface area (Å²) in [5.41, 5.74) is 0. The van der Waals surface area contributed by atoms with Crippen LogP contribution < -0.4 is 0 Å². The van der Waals surface area contributed by atoms with E-state index in [1.54, 1.807) is 0 Å². The van der Waals surface area contributed by atoms with Gasteiger partial charge in [-0.3, -0.25) is 0 Å². The van der Waals surface area contributed by atoms with Gasteiger partial charge >= 0.3 is 11.9 Å². The van der Waals surface area contributed by atoms with E-state index in [0.29, 0.717) is 6.61 Å². The van der Waals surface area contributed by atoms with Crippen LogP contribution in [0.15, 0.2) is 12.2 Å². The Hall–Kier alpha value is -1.36. The standard InChI is InChI=1S/C13H18O5/c14-12(17-9-11-8-16-11)6-7-13(15)18-10-4-2-1-3-5-10/h6-7,10-11H,1-5,8-9H2/b7-6+. The predicted octanol–water partition coefficient (Wildman–Crippen LogP) is 1.36. The van der Waals surface area contributed by atoms with Crippen molar-refractivity contribution in [1.29, 1.82) is 0 Å². The van der Waals surface area contributed by atoms with Crippen molar-refractivity contribution in [2.75, 3.05) is 13.2 Å². The minimum absolute atomic E-state index is 0.00628. The first kappa shape index (κ1) is 13.1. The molecule has 0 N–H and O–H groups in total. The van der Waals surface area contributed by atoms with Gasteiger partial charge in [-0.05, 0) is 25.7 Å². The molecule has 2 aliphatic rings. The topological polar surface area (TPSA) is 65.1 Å². The molecule has 18 heavy (non-hydrogen) atoms. The van der Waals surface area contributed by atoms with Crippen LogP contribution in [0, 0.1) is 0 Å². The Morgan fingerprint density at radius 1 is 1.11 bits per heavy atom. The van der Waals surface area contributed by atoms with Crippen molar-refractivity contribution in [2.24, 2.45) is 0 Å². The fourth-order valence-electron chi connectivity index (χ4n) is 1.91. The number of carbonyl (C=O) groups excluding carboxylic acids is 2. The maximum absolute atomic E-state index is 11.4. The van der Waals surface area contributed by atoms with Crippen LogP contribution in [-0.4, -0.2) is 37.4 Å². The Morgan fingerprint density at radius 3 is 2.44 bits per heavy atom. The Balaban J connectivity index is 1.63. The molecule has 0 spiro atoms. The lowest BCUT2D eigenvalue weighted by Gasteiger charge is -2.20. The second kappa shape index (κ2) is 6.54. The zero-order valence-corrected chi connectivity index (χ0v) is 10.3. The second-order valence-electron chi connectivity index (χ2n) is 4.62. The van der Waals surface area contributed by atoms with Gasteiger partial charge in [0.15, 0.2) is 0 Å². The van der Waals surface area contributed by atoms with Crippen molar-refractivity contribution in [3.8, 4) is 0 Å². The highest BCUT2D eigenvalue weighted by atomic mass is 16.6. The van der Waals surface area contributed by atoms with Gasteiger partial charge in [0.1, 0.15) is 18.8 Å². The van der Waals surface area contributed by atoms with Gasteiger partial charge in [0.2, 0.25) is 0 Å². The lowest BCUT2D eigenvalue weighted by Crippen LogP contribution is -2.19. The van der Waals surface area contributed by atoms with Gasteiger partial charge in [0.05, 0.1) is 6.61 Å². The molecule has 1 saturated heterocycles. The van der Waals surface area contributed by atoms with E-state index < -0.39 is 11.9 Å². The average Bonchev–Trinajstić information content (AvgIpc) is 3.19. The summed E-state index contributed by atoms with van der Waals surface area (Å²) in [6, 6.07) is 0. The highest BCUT2D eigenvalue weighted by Crippen LogP contribution is 2.20. The highest BCUT2D eigenvalue weighted by Gasteiger charge is 2.23. The zero-order valence-electron chi connectivity index (χ0n) is 10.3. The maximum atomic E-state index is 11.4. The van der Waals surface area contributed by atoms with E-state index in [-0.39, 0.29) is 18.8 Å². The van der Waals surface area contributed by atoms with Gasteiger partial charge in [-0.1, -0.05) is 6.42 Å². The molecule has 1 heterocycles. The molecule has 2 rings (SSSR count). The van der Waals surface area contributed by atoms with Crippen molar-refractivity contribution in [1.82, 2.24) is 0 Å². The van der Waals surface area contributed by atoms with Crippen LogP contribution in [0.1, 0.15) is 32.1 Å². The van der Waals surface area contributed by atoms with Gasteiger partial charge in [0, 0.05) is 12.2 Å². The number of carbonyl (C=O) groups is 2. The number of ether oxygens (including phenoxy) is 3. The Labute approximate surface area is 106 Å². The fraction of sp³-hybridized carbons (Fsp3) is 0.692. The number of rotatable bonds is 5. The molecule has 0 aromatic carbocycles.